The number of alkyl halides is 1. The molecule has 0 bridgehead atoms. The summed E-state index contributed by atoms with van der Waals surface area (Å²) in [5.74, 6) is 4.92. The molecule has 2 rings (SSSR count). The van der Waals surface area contributed by atoms with Crippen LogP contribution in [0.4, 0.5) is 0 Å². The Kier molecular flexibility index (Phi) is 3.45. The Morgan fingerprint density at radius 2 is 2.35 bits per heavy atom. The molecule has 2 N–H and O–H groups in total. The minimum atomic E-state index is -1.04. The van der Waals surface area contributed by atoms with E-state index < -0.39 is 5.97 Å². The minimum Gasteiger partial charge on any atom is -0.476 e. The largest absolute Gasteiger partial charge is 0.476 e. The Hall–Kier alpha value is -1.80. The van der Waals surface area contributed by atoms with Gasteiger partial charge < -0.3 is 5.11 Å². The van der Waals surface area contributed by atoms with Crippen molar-refractivity contribution < 1.29 is 9.90 Å². The first-order chi connectivity index (χ1) is 8.22. The highest BCUT2D eigenvalue weighted by atomic mass is 79.9. The van der Waals surface area contributed by atoms with Crippen LogP contribution in [0.3, 0.4) is 0 Å². The molecular weight excluding hydrogens is 284 g/mol. The summed E-state index contributed by atoms with van der Waals surface area (Å²) >= 11 is 3.29. The van der Waals surface area contributed by atoms with Crippen molar-refractivity contribution in [3.8, 4) is 11.8 Å². The summed E-state index contributed by atoms with van der Waals surface area (Å²) in [4.78, 5) is 10.9. The topological polar surface area (TPSA) is 66.0 Å². The van der Waals surface area contributed by atoms with E-state index in [2.05, 4.69) is 38.0 Å². The molecule has 1 aromatic heterocycles. The molecule has 0 amide bonds. The number of halogens is 1. The van der Waals surface area contributed by atoms with E-state index in [4.69, 9.17) is 5.11 Å². The van der Waals surface area contributed by atoms with E-state index in [1.165, 1.54) is 0 Å². The lowest BCUT2D eigenvalue weighted by atomic mass is 10.1. The third kappa shape index (κ3) is 2.48. The fraction of sp³-hybridized carbons (Fsp3) is 0.167. The molecule has 0 fully saturated rings. The fourth-order valence-electron chi connectivity index (χ4n) is 1.47. The van der Waals surface area contributed by atoms with Gasteiger partial charge in [-0.15, -0.1) is 0 Å². The molecule has 5 heteroatoms. The van der Waals surface area contributed by atoms with Crippen LogP contribution in [0.25, 0.3) is 10.9 Å². The highest BCUT2D eigenvalue weighted by Gasteiger charge is 2.12. The zero-order valence-electron chi connectivity index (χ0n) is 8.83. The number of carbonyl (C=O) groups is 1. The summed E-state index contributed by atoms with van der Waals surface area (Å²) < 4.78 is 0. The van der Waals surface area contributed by atoms with E-state index in [1.807, 2.05) is 6.07 Å². The SMILES string of the molecule is O=C(O)c1n[nH]c2ccc(C#CCCBr)cc12. The van der Waals surface area contributed by atoms with Gasteiger partial charge in [-0.05, 0) is 18.2 Å². The van der Waals surface area contributed by atoms with Crippen molar-refractivity contribution in [2.75, 3.05) is 5.33 Å². The van der Waals surface area contributed by atoms with Gasteiger partial charge in [0, 0.05) is 22.7 Å². The molecule has 0 aliphatic heterocycles. The predicted molar refractivity (Wildman–Crippen MR) is 68.3 cm³/mol. The zero-order chi connectivity index (χ0) is 12.3. The number of aromatic carboxylic acids is 1. The molecule has 0 aliphatic rings. The summed E-state index contributed by atoms with van der Waals surface area (Å²) in [6.07, 6.45) is 0.759. The van der Waals surface area contributed by atoms with Crippen LogP contribution in [0.1, 0.15) is 22.5 Å². The van der Waals surface area contributed by atoms with Gasteiger partial charge in [-0.25, -0.2) is 4.79 Å². The highest BCUT2D eigenvalue weighted by molar-refractivity contribution is 9.09. The van der Waals surface area contributed by atoms with Gasteiger partial charge in [0.05, 0.1) is 5.52 Å². The van der Waals surface area contributed by atoms with Crippen molar-refractivity contribution in [1.82, 2.24) is 10.2 Å². The molecule has 0 unspecified atom stereocenters. The number of nitrogens with one attached hydrogen (secondary N) is 1. The van der Waals surface area contributed by atoms with Crippen LogP contribution in [0.15, 0.2) is 18.2 Å². The molecule has 0 atom stereocenters. The third-order valence-electron chi connectivity index (χ3n) is 2.22. The van der Waals surface area contributed by atoms with Crippen molar-refractivity contribution in [2.45, 2.75) is 6.42 Å². The average Bonchev–Trinajstić information content (AvgIpc) is 2.72. The maximum absolute atomic E-state index is 10.9. The summed E-state index contributed by atoms with van der Waals surface area (Å²) in [7, 11) is 0. The lowest BCUT2D eigenvalue weighted by molar-refractivity contribution is 0.0692. The second-order valence-electron chi connectivity index (χ2n) is 3.38. The Balaban J connectivity index is 2.45. The third-order valence-corrected chi connectivity index (χ3v) is 2.61. The summed E-state index contributed by atoms with van der Waals surface area (Å²) in [5.41, 5.74) is 1.53. The van der Waals surface area contributed by atoms with Crippen molar-refractivity contribution in [1.29, 1.82) is 0 Å². The van der Waals surface area contributed by atoms with Gasteiger partial charge in [-0.2, -0.15) is 5.10 Å². The van der Waals surface area contributed by atoms with Crippen LogP contribution in [0.5, 0.6) is 0 Å². The summed E-state index contributed by atoms with van der Waals surface area (Å²) in [6, 6.07) is 5.36. The van der Waals surface area contributed by atoms with Gasteiger partial charge >= 0.3 is 5.97 Å². The van der Waals surface area contributed by atoms with Gasteiger partial charge in [0.2, 0.25) is 0 Å². The Labute approximate surface area is 106 Å². The quantitative estimate of drug-likeness (QED) is 0.660. The Bertz CT molecular complexity index is 622. The number of fused-ring (bicyclic) bond motifs is 1. The first-order valence-corrected chi connectivity index (χ1v) is 6.11. The molecule has 0 saturated carbocycles. The summed E-state index contributed by atoms with van der Waals surface area (Å²) in [6.45, 7) is 0. The van der Waals surface area contributed by atoms with Crippen molar-refractivity contribution in [3.63, 3.8) is 0 Å². The Morgan fingerprint density at radius 1 is 1.53 bits per heavy atom. The highest BCUT2D eigenvalue weighted by Crippen LogP contribution is 2.17. The first kappa shape index (κ1) is 11.7. The van der Waals surface area contributed by atoms with E-state index in [-0.39, 0.29) is 5.69 Å². The number of carboxylic acid groups (broad SMARTS) is 1. The van der Waals surface area contributed by atoms with Crippen LogP contribution < -0.4 is 0 Å². The molecule has 1 heterocycles. The number of hydrogen-bond acceptors (Lipinski definition) is 2. The lowest BCUT2D eigenvalue weighted by Gasteiger charge is -1.92. The minimum absolute atomic E-state index is 0.0316. The monoisotopic (exact) mass is 292 g/mol. The zero-order valence-corrected chi connectivity index (χ0v) is 10.4. The lowest BCUT2D eigenvalue weighted by Crippen LogP contribution is -1.96. The smallest absolute Gasteiger partial charge is 0.357 e. The second-order valence-corrected chi connectivity index (χ2v) is 4.17. The molecule has 0 aliphatic carbocycles. The second kappa shape index (κ2) is 5.02. The van der Waals surface area contributed by atoms with Gasteiger partial charge in [0.15, 0.2) is 5.69 Å². The maximum Gasteiger partial charge on any atom is 0.357 e. The van der Waals surface area contributed by atoms with Crippen LogP contribution in [-0.2, 0) is 0 Å². The number of aromatic amines is 1. The van der Waals surface area contributed by atoms with E-state index >= 15 is 0 Å². The molecule has 1 aromatic carbocycles. The van der Waals surface area contributed by atoms with Crippen molar-refractivity contribution in [2.24, 2.45) is 0 Å². The van der Waals surface area contributed by atoms with Crippen LogP contribution in [0.2, 0.25) is 0 Å². The van der Waals surface area contributed by atoms with E-state index in [1.54, 1.807) is 12.1 Å². The molecule has 4 nitrogen and oxygen atoms in total. The van der Waals surface area contributed by atoms with Gasteiger partial charge in [-0.1, -0.05) is 27.8 Å². The molecule has 0 spiro atoms. The Morgan fingerprint density at radius 3 is 3.06 bits per heavy atom. The average molecular weight is 293 g/mol. The van der Waals surface area contributed by atoms with Crippen LogP contribution >= 0.6 is 15.9 Å². The normalized spacial score (nSPS) is 9.94. The van der Waals surface area contributed by atoms with Gasteiger partial charge in [-0.3, -0.25) is 5.10 Å². The molecule has 86 valence electrons. The van der Waals surface area contributed by atoms with Crippen molar-refractivity contribution >= 4 is 32.8 Å². The standard InChI is InChI=1S/C12H9BrN2O2/c13-6-2-1-3-8-4-5-10-9(7-8)11(12(16)17)15-14-10/h4-5,7H,2,6H2,(H,14,15)(H,16,17). The predicted octanol–water partition coefficient (Wildman–Crippen LogP) is 2.40. The van der Waals surface area contributed by atoms with Gasteiger partial charge in [0.1, 0.15) is 0 Å². The molecule has 0 saturated heterocycles. The van der Waals surface area contributed by atoms with E-state index in [0.29, 0.717) is 10.9 Å². The number of nitrogens with zero attached hydrogens (tertiary/aromatic N) is 1. The molecule has 0 radical (unpaired) electrons. The number of carboxylic acids is 1. The van der Waals surface area contributed by atoms with E-state index in [0.717, 1.165) is 17.3 Å². The number of benzene rings is 1. The molecular formula is C12H9BrN2O2. The number of rotatable bonds is 2. The maximum atomic E-state index is 10.9. The van der Waals surface area contributed by atoms with Crippen molar-refractivity contribution in [3.05, 3.63) is 29.5 Å². The van der Waals surface area contributed by atoms with Crippen LogP contribution in [0, 0.1) is 11.8 Å². The number of hydrogen-bond donors (Lipinski definition) is 2. The summed E-state index contributed by atoms with van der Waals surface area (Å²) in [5, 5.41) is 16.8. The molecule has 2 aromatic rings. The number of H-pyrrole nitrogens is 1. The molecule has 17 heavy (non-hydrogen) atoms. The number of aromatic nitrogens is 2. The first-order valence-electron chi connectivity index (χ1n) is 4.98. The van der Waals surface area contributed by atoms with Crippen LogP contribution in [-0.4, -0.2) is 26.6 Å². The fourth-order valence-corrected chi connectivity index (χ4v) is 1.66. The van der Waals surface area contributed by atoms with Gasteiger partial charge in [0.25, 0.3) is 0 Å². The van der Waals surface area contributed by atoms with E-state index in [9.17, 15) is 4.79 Å².